The van der Waals surface area contributed by atoms with Gasteiger partial charge >= 0.3 is 11.9 Å². The molecule has 2 aromatic rings. The Hall–Kier alpha value is -2.82. The van der Waals surface area contributed by atoms with Crippen LogP contribution in [0.3, 0.4) is 0 Å². The zero-order valence-corrected chi connectivity index (χ0v) is 10.7. The second-order valence-corrected chi connectivity index (χ2v) is 3.79. The molecule has 0 spiro atoms. The van der Waals surface area contributed by atoms with E-state index in [0.717, 1.165) is 0 Å². The lowest BCUT2D eigenvalue weighted by molar-refractivity contribution is -0.128. The predicted molar refractivity (Wildman–Crippen MR) is 71.2 cm³/mol. The lowest BCUT2D eigenvalue weighted by atomic mass is 10.2. The Balaban J connectivity index is 2.02. The van der Waals surface area contributed by atoms with E-state index in [0.29, 0.717) is 11.3 Å². The molecule has 2 rings (SSSR count). The molecule has 0 atom stereocenters. The smallest absolute Gasteiger partial charge is 0.337 e. The van der Waals surface area contributed by atoms with Gasteiger partial charge < -0.3 is 13.9 Å². The molecule has 1 heterocycles. The van der Waals surface area contributed by atoms with Crippen molar-refractivity contribution in [2.24, 2.45) is 0 Å². The van der Waals surface area contributed by atoms with Crippen LogP contribution in [0, 0.1) is 0 Å². The summed E-state index contributed by atoms with van der Waals surface area (Å²) in [6.45, 7) is 0. The Labute approximate surface area is 115 Å². The maximum Gasteiger partial charge on any atom is 0.337 e. The molecule has 20 heavy (non-hydrogen) atoms. The van der Waals surface area contributed by atoms with Gasteiger partial charge in [0.1, 0.15) is 11.5 Å². The first-order chi connectivity index (χ1) is 9.69. The predicted octanol–water partition coefficient (Wildman–Crippen LogP) is 2.69. The Morgan fingerprint density at radius 3 is 2.75 bits per heavy atom. The molecular formula is C15H12O5. The molecule has 0 aliphatic rings. The quantitative estimate of drug-likeness (QED) is 0.486. The fraction of sp³-hybridized carbons (Fsp3) is 0.0667. The van der Waals surface area contributed by atoms with Gasteiger partial charge in [-0.3, -0.25) is 0 Å². The van der Waals surface area contributed by atoms with Gasteiger partial charge in [0.25, 0.3) is 0 Å². The molecular weight excluding hydrogens is 260 g/mol. The number of benzene rings is 1. The Bertz CT molecular complexity index is 625. The highest BCUT2D eigenvalue weighted by molar-refractivity contribution is 5.91. The average Bonchev–Trinajstić information content (AvgIpc) is 2.98. The Morgan fingerprint density at radius 1 is 1.20 bits per heavy atom. The molecule has 0 fully saturated rings. The van der Waals surface area contributed by atoms with E-state index in [9.17, 15) is 9.59 Å². The van der Waals surface area contributed by atoms with Crippen LogP contribution >= 0.6 is 0 Å². The molecule has 0 saturated heterocycles. The van der Waals surface area contributed by atoms with Gasteiger partial charge in [-0.15, -0.1) is 0 Å². The monoisotopic (exact) mass is 272 g/mol. The van der Waals surface area contributed by atoms with Crippen molar-refractivity contribution < 1.29 is 23.5 Å². The minimum atomic E-state index is -0.566. The zero-order valence-electron chi connectivity index (χ0n) is 10.7. The molecule has 0 bridgehead atoms. The number of rotatable bonds is 4. The molecule has 0 radical (unpaired) electrons. The molecule has 0 amide bonds. The minimum Gasteiger partial charge on any atom is -0.465 e. The van der Waals surface area contributed by atoms with E-state index in [4.69, 9.17) is 9.15 Å². The first-order valence-corrected chi connectivity index (χ1v) is 5.81. The summed E-state index contributed by atoms with van der Waals surface area (Å²) >= 11 is 0. The van der Waals surface area contributed by atoms with Gasteiger partial charge in [-0.2, -0.15) is 0 Å². The van der Waals surface area contributed by atoms with E-state index in [1.54, 1.807) is 30.3 Å². The number of carbonyl (C=O) groups excluding carboxylic acids is 2. The molecule has 102 valence electrons. The fourth-order valence-corrected chi connectivity index (χ4v) is 1.49. The van der Waals surface area contributed by atoms with E-state index in [-0.39, 0.29) is 5.75 Å². The third-order valence-electron chi connectivity index (χ3n) is 2.40. The van der Waals surface area contributed by atoms with Crippen LogP contribution in [0.15, 0.2) is 53.2 Å². The minimum absolute atomic E-state index is 0.266. The van der Waals surface area contributed by atoms with Gasteiger partial charge in [-0.25, -0.2) is 9.59 Å². The maximum absolute atomic E-state index is 11.6. The van der Waals surface area contributed by atoms with Gasteiger partial charge in [-0.1, -0.05) is 6.07 Å². The lowest BCUT2D eigenvalue weighted by Crippen LogP contribution is -2.05. The summed E-state index contributed by atoms with van der Waals surface area (Å²) in [4.78, 5) is 22.9. The third-order valence-corrected chi connectivity index (χ3v) is 2.40. The highest BCUT2D eigenvalue weighted by Crippen LogP contribution is 2.14. The van der Waals surface area contributed by atoms with Crippen molar-refractivity contribution in [1.82, 2.24) is 0 Å². The van der Waals surface area contributed by atoms with E-state index in [1.807, 2.05) is 0 Å². The van der Waals surface area contributed by atoms with Gasteiger partial charge in [0.2, 0.25) is 0 Å². The van der Waals surface area contributed by atoms with Gasteiger partial charge in [0.05, 0.1) is 18.9 Å². The Kier molecular flexibility index (Phi) is 4.34. The van der Waals surface area contributed by atoms with Crippen molar-refractivity contribution in [1.29, 1.82) is 0 Å². The summed E-state index contributed by atoms with van der Waals surface area (Å²) < 4.78 is 14.7. The maximum atomic E-state index is 11.6. The number of ether oxygens (including phenoxy) is 2. The second kappa shape index (κ2) is 6.38. The van der Waals surface area contributed by atoms with E-state index in [1.165, 1.54) is 31.6 Å². The second-order valence-electron chi connectivity index (χ2n) is 3.79. The fourth-order valence-electron chi connectivity index (χ4n) is 1.49. The Morgan fingerprint density at radius 2 is 2.05 bits per heavy atom. The van der Waals surface area contributed by atoms with Crippen LogP contribution in [-0.4, -0.2) is 19.0 Å². The molecule has 5 heteroatoms. The third kappa shape index (κ3) is 3.58. The summed E-state index contributed by atoms with van der Waals surface area (Å²) in [5.74, 6) is -0.246. The highest BCUT2D eigenvalue weighted by Gasteiger charge is 2.07. The van der Waals surface area contributed by atoms with Crippen LogP contribution in [0.1, 0.15) is 16.1 Å². The largest absolute Gasteiger partial charge is 0.465 e. The molecule has 1 aromatic heterocycles. The van der Waals surface area contributed by atoms with Crippen LogP contribution in [0.2, 0.25) is 0 Å². The van der Waals surface area contributed by atoms with Crippen LogP contribution in [-0.2, 0) is 9.53 Å². The van der Waals surface area contributed by atoms with Gasteiger partial charge in [-0.05, 0) is 36.4 Å². The highest BCUT2D eigenvalue weighted by atomic mass is 16.5. The standard InChI is InChI=1S/C15H12O5/c1-18-15(17)11-4-2-5-13(10-11)20-14(16)8-7-12-6-3-9-19-12/h2-10H,1H3/b8-7+. The molecule has 1 aromatic carbocycles. The van der Waals surface area contributed by atoms with Crippen molar-refractivity contribution in [2.75, 3.05) is 7.11 Å². The number of furan rings is 1. The van der Waals surface area contributed by atoms with Crippen molar-refractivity contribution in [3.8, 4) is 5.75 Å². The lowest BCUT2D eigenvalue weighted by Gasteiger charge is -2.03. The summed E-state index contributed by atoms with van der Waals surface area (Å²) in [6.07, 6.45) is 4.24. The number of hydrogen-bond acceptors (Lipinski definition) is 5. The molecule has 0 N–H and O–H groups in total. The topological polar surface area (TPSA) is 65.7 Å². The summed E-state index contributed by atoms with van der Waals surface area (Å²) in [6, 6.07) is 9.61. The SMILES string of the molecule is COC(=O)c1cccc(OC(=O)/C=C/c2ccco2)c1. The van der Waals surface area contributed by atoms with Gasteiger partial charge in [0.15, 0.2) is 0 Å². The summed E-state index contributed by atoms with van der Waals surface area (Å²) in [5.41, 5.74) is 0.313. The van der Waals surface area contributed by atoms with Gasteiger partial charge in [0, 0.05) is 6.08 Å². The van der Waals surface area contributed by atoms with Crippen LogP contribution in [0.25, 0.3) is 6.08 Å². The van der Waals surface area contributed by atoms with Crippen molar-refractivity contribution in [3.63, 3.8) is 0 Å². The molecule has 0 saturated carbocycles. The molecule has 0 aliphatic heterocycles. The van der Waals surface area contributed by atoms with E-state index < -0.39 is 11.9 Å². The van der Waals surface area contributed by atoms with Crippen molar-refractivity contribution in [2.45, 2.75) is 0 Å². The normalized spacial score (nSPS) is 10.4. The van der Waals surface area contributed by atoms with Crippen molar-refractivity contribution >= 4 is 18.0 Å². The van der Waals surface area contributed by atoms with Crippen LogP contribution in [0.5, 0.6) is 5.75 Å². The zero-order chi connectivity index (χ0) is 14.4. The molecule has 5 nitrogen and oxygen atoms in total. The van der Waals surface area contributed by atoms with Crippen LogP contribution in [0.4, 0.5) is 0 Å². The van der Waals surface area contributed by atoms with Crippen molar-refractivity contribution in [3.05, 3.63) is 60.1 Å². The van der Waals surface area contributed by atoms with E-state index >= 15 is 0 Å². The number of carbonyl (C=O) groups is 2. The summed E-state index contributed by atoms with van der Waals surface area (Å²) in [7, 11) is 1.28. The number of esters is 2. The van der Waals surface area contributed by atoms with Crippen LogP contribution < -0.4 is 4.74 Å². The number of methoxy groups -OCH3 is 1. The first kappa shape index (κ1) is 13.6. The van der Waals surface area contributed by atoms with E-state index in [2.05, 4.69) is 4.74 Å². The molecule has 0 unspecified atom stereocenters. The number of hydrogen-bond donors (Lipinski definition) is 0. The molecule has 0 aliphatic carbocycles. The first-order valence-electron chi connectivity index (χ1n) is 5.81. The summed E-state index contributed by atoms with van der Waals surface area (Å²) in [5, 5.41) is 0. The average molecular weight is 272 g/mol.